The van der Waals surface area contributed by atoms with Gasteiger partial charge >= 0.3 is 6.09 Å². The van der Waals surface area contributed by atoms with Gasteiger partial charge in [0.2, 0.25) is 0 Å². The number of fused-ring (bicyclic) bond motifs is 2. The van der Waals surface area contributed by atoms with E-state index in [0.29, 0.717) is 42.8 Å². The van der Waals surface area contributed by atoms with Crippen LogP contribution in [0.4, 0.5) is 4.79 Å². The summed E-state index contributed by atoms with van der Waals surface area (Å²) in [5.41, 5.74) is 0.572. The molecule has 25 heavy (non-hydrogen) atoms. The first kappa shape index (κ1) is 17.5. The van der Waals surface area contributed by atoms with Crippen molar-refractivity contribution in [1.82, 2.24) is 9.80 Å². The Hall–Kier alpha value is -2.30. The molecule has 0 saturated carbocycles. The first-order valence-electron chi connectivity index (χ1n) is 8.54. The van der Waals surface area contributed by atoms with Crippen LogP contribution in [0.15, 0.2) is 24.3 Å². The Labute approximate surface area is 147 Å². The molecule has 7 heteroatoms. The largest absolute Gasteiger partial charge is 0.491 e. The number of aliphatic hydroxyl groups excluding tert-OH is 1. The van der Waals surface area contributed by atoms with E-state index in [1.54, 1.807) is 24.3 Å². The lowest BCUT2D eigenvalue weighted by Gasteiger charge is -2.45. The minimum absolute atomic E-state index is 0.193. The van der Waals surface area contributed by atoms with Crippen LogP contribution in [0.25, 0.3) is 0 Å². The zero-order valence-corrected chi connectivity index (χ0v) is 14.0. The number of nitrogens with zero attached hydrogens (tertiary/aromatic N) is 3. The van der Waals surface area contributed by atoms with Gasteiger partial charge in [0.1, 0.15) is 18.5 Å². The third-order valence-electron chi connectivity index (χ3n) is 4.82. The van der Waals surface area contributed by atoms with Gasteiger partial charge in [0.25, 0.3) is 0 Å². The van der Waals surface area contributed by atoms with E-state index in [4.69, 9.17) is 15.1 Å². The molecule has 2 aliphatic heterocycles. The van der Waals surface area contributed by atoms with Gasteiger partial charge in [0, 0.05) is 32.7 Å². The van der Waals surface area contributed by atoms with Crippen LogP contribution in [-0.4, -0.2) is 71.5 Å². The zero-order valence-electron chi connectivity index (χ0n) is 14.0. The van der Waals surface area contributed by atoms with Crippen molar-refractivity contribution in [2.24, 2.45) is 11.8 Å². The van der Waals surface area contributed by atoms with Gasteiger partial charge in [-0.15, -0.1) is 0 Å². The number of carboxylic acid groups (broad SMARTS) is 1. The smallest absolute Gasteiger partial charge is 0.407 e. The van der Waals surface area contributed by atoms with Crippen LogP contribution in [0.3, 0.4) is 0 Å². The topological polar surface area (TPSA) is 97.0 Å². The molecule has 2 fully saturated rings. The molecule has 1 amide bonds. The highest BCUT2D eigenvalue weighted by Gasteiger charge is 2.36. The number of piperidine rings is 2. The molecule has 2 saturated heterocycles. The third-order valence-corrected chi connectivity index (χ3v) is 4.82. The Kier molecular flexibility index (Phi) is 5.41. The van der Waals surface area contributed by atoms with Crippen molar-refractivity contribution in [2.75, 3.05) is 39.3 Å². The van der Waals surface area contributed by atoms with Gasteiger partial charge in [0.15, 0.2) is 0 Å². The van der Waals surface area contributed by atoms with Crippen LogP contribution in [0, 0.1) is 23.2 Å². The highest BCUT2D eigenvalue weighted by molar-refractivity contribution is 5.65. The fourth-order valence-electron chi connectivity index (χ4n) is 3.86. The molecule has 3 atom stereocenters. The van der Waals surface area contributed by atoms with Crippen LogP contribution in [-0.2, 0) is 0 Å². The van der Waals surface area contributed by atoms with Gasteiger partial charge in [-0.2, -0.15) is 5.26 Å². The minimum atomic E-state index is -0.834. The average molecular weight is 345 g/mol. The summed E-state index contributed by atoms with van der Waals surface area (Å²) in [4.78, 5) is 14.9. The molecule has 7 nitrogen and oxygen atoms in total. The van der Waals surface area contributed by atoms with Gasteiger partial charge in [0.05, 0.1) is 11.6 Å². The van der Waals surface area contributed by atoms with E-state index in [1.165, 1.54) is 4.90 Å². The number of hydrogen-bond acceptors (Lipinski definition) is 5. The van der Waals surface area contributed by atoms with Crippen LogP contribution in [0.1, 0.15) is 12.0 Å². The molecule has 0 spiro atoms. The van der Waals surface area contributed by atoms with Crippen molar-refractivity contribution in [2.45, 2.75) is 12.5 Å². The van der Waals surface area contributed by atoms with Gasteiger partial charge in [-0.3, -0.25) is 4.90 Å². The van der Waals surface area contributed by atoms with E-state index in [2.05, 4.69) is 11.0 Å². The Bertz CT molecular complexity index is 629. The predicted molar refractivity (Wildman–Crippen MR) is 90.3 cm³/mol. The number of rotatable bonds is 5. The maximum absolute atomic E-state index is 11.1. The Morgan fingerprint density at radius 1 is 1.24 bits per heavy atom. The summed E-state index contributed by atoms with van der Waals surface area (Å²) < 4.78 is 5.58. The third kappa shape index (κ3) is 4.62. The van der Waals surface area contributed by atoms with E-state index in [0.717, 1.165) is 19.5 Å². The fourth-order valence-corrected chi connectivity index (χ4v) is 3.86. The number of likely N-dealkylation sites (tertiary alicyclic amines) is 2. The quantitative estimate of drug-likeness (QED) is 0.833. The highest BCUT2D eigenvalue weighted by atomic mass is 16.5. The number of hydrogen-bond donors (Lipinski definition) is 2. The van der Waals surface area contributed by atoms with Crippen molar-refractivity contribution >= 4 is 6.09 Å². The first-order chi connectivity index (χ1) is 12.0. The predicted octanol–water partition coefficient (Wildman–Crippen LogP) is 1.23. The van der Waals surface area contributed by atoms with Crippen LogP contribution >= 0.6 is 0 Å². The summed E-state index contributed by atoms with van der Waals surface area (Å²) in [6.07, 6.45) is -0.373. The lowest BCUT2D eigenvalue weighted by atomic mass is 9.85. The fraction of sp³-hybridized carbons (Fsp3) is 0.556. The van der Waals surface area contributed by atoms with Gasteiger partial charge < -0.3 is 19.8 Å². The number of carbonyl (C=O) groups is 1. The van der Waals surface area contributed by atoms with Crippen molar-refractivity contribution in [3.63, 3.8) is 0 Å². The molecule has 1 aromatic carbocycles. The molecule has 3 rings (SSSR count). The molecule has 2 unspecified atom stereocenters. The van der Waals surface area contributed by atoms with Crippen molar-refractivity contribution in [3.8, 4) is 11.8 Å². The molecule has 0 aliphatic carbocycles. The summed E-state index contributed by atoms with van der Waals surface area (Å²) in [5, 5.41) is 28.2. The maximum Gasteiger partial charge on any atom is 0.407 e. The molecule has 0 aromatic heterocycles. The van der Waals surface area contributed by atoms with E-state index < -0.39 is 12.2 Å². The monoisotopic (exact) mass is 345 g/mol. The zero-order chi connectivity index (χ0) is 17.8. The summed E-state index contributed by atoms with van der Waals surface area (Å²) in [5.74, 6) is 1.32. The molecule has 2 heterocycles. The van der Waals surface area contributed by atoms with Gasteiger partial charge in [-0.1, -0.05) is 0 Å². The molecule has 2 bridgehead atoms. The number of β-amino-alcohol motifs (C(OH)–C–C–N with tert-alkyl or cyclic N) is 1. The van der Waals surface area contributed by atoms with Crippen molar-refractivity contribution < 1.29 is 19.7 Å². The number of aliphatic hydroxyl groups is 1. The van der Waals surface area contributed by atoms with E-state index in [9.17, 15) is 9.90 Å². The molecular weight excluding hydrogens is 322 g/mol. The molecule has 2 N–H and O–H groups in total. The van der Waals surface area contributed by atoms with E-state index in [1.807, 2.05) is 0 Å². The van der Waals surface area contributed by atoms with Crippen LogP contribution in [0.5, 0.6) is 5.75 Å². The van der Waals surface area contributed by atoms with Crippen molar-refractivity contribution in [3.05, 3.63) is 29.8 Å². The average Bonchev–Trinajstić information content (AvgIpc) is 2.59. The lowest BCUT2D eigenvalue weighted by Crippen LogP contribution is -2.55. The normalized spacial score (nSPS) is 24.4. The van der Waals surface area contributed by atoms with Gasteiger partial charge in [-0.25, -0.2) is 4.79 Å². The second-order valence-corrected chi connectivity index (χ2v) is 6.97. The number of benzene rings is 1. The molecule has 0 radical (unpaired) electrons. The molecular formula is C18H23N3O4. The first-order valence-corrected chi connectivity index (χ1v) is 8.54. The summed E-state index contributed by atoms with van der Waals surface area (Å²) >= 11 is 0. The number of nitriles is 1. The molecule has 2 aliphatic rings. The maximum atomic E-state index is 11.1. The second-order valence-electron chi connectivity index (χ2n) is 6.97. The van der Waals surface area contributed by atoms with E-state index in [-0.39, 0.29) is 6.61 Å². The minimum Gasteiger partial charge on any atom is -0.491 e. The Morgan fingerprint density at radius 2 is 1.88 bits per heavy atom. The second kappa shape index (κ2) is 7.72. The van der Waals surface area contributed by atoms with Gasteiger partial charge in [-0.05, 0) is 42.5 Å². The number of ether oxygens (including phenoxy) is 1. The lowest BCUT2D eigenvalue weighted by molar-refractivity contribution is 0.00339. The Balaban J connectivity index is 1.45. The van der Waals surface area contributed by atoms with E-state index >= 15 is 0 Å². The summed E-state index contributed by atoms with van der Waals surface area (Å²) in [6.45, 7) is 3.51. The molecule has 134 valence electrons. The highest BCUT2D eigenvalue weighted by Crippen LogP contribution is 2.28. The Morgan fingerprint density at radius 3 is 2.44 bits per heavy atom. The summed E-state index contributed by atoms with van der Waals surface area (Å²) in [6, 6.07) is 8.85. The van der Waals surface area contributed by atoms with Crippen molar-refractivity contribution in [1.29, 1.82) is 5.26 Å². The van der Waals surface area contributed by atoms with Crippen LogP contribution < -0.4 is 4.74 Å². The standard InChI is InChI=1S/C18H23N3O4/c19-6-13-1-3-17(4-2-13)25-12-16(22)11-20-7-14-5-15(8-20)10-21(9-14)18(23)24/h1-4,14-16,22H,5,7-12H2,(H,23,24)/t14?,15?,16-/m1/s1. The SMILES string of the molecule is N#Cc1ccc(OC[C@H](O)CN2CC3CC(C2)CN(C(=O)O)C3)cc1. The number of amides is 1. The molecule has 1 aromatic rings. The van der Waals surface area contributed by atoms with Crippen LogP contribution in [0.2, 0.25) is 0 Å². The summed E-state index contributed by atoms with van der Waals surface area (Å²) in [7, 11) is 0.